The van der Waals surface area contributed by atoms with Crippen LogP contribution in [0, 0.1) is 0 Å². The van der Waals surface area contributed by atoms with Crippen molar-refractivity contribution in [3.8, 4) is 0 Å². The van der Waals surface area contributed by atoms with Gasteiger partial charge in [-0.05, 0) is 0 Å². The Morgan fingerprint density at radius 3 is 2.17 bits per heavy atom. The van der Waals surface area contributed by atoms with Crippen LogP contribution in [0.1, 0.15) is 0 Å². The van der Waals surface area contributed by atoms with Crippen LogP contribution in [0.2, 0.25) is 0 Å². The van der Waals surface area contributed by atoms with Gasteiger partial charge in [0.05, 0.1) is 0 Å². The summed E-state index contributed by atoms with van der Waals surface area (Å²) < 4.78 is 40.9. The van der Waals surface area contributed by atoms with Crippen LogP contribution < -0.4 is 0 Å². The van der Waals surface area contributed by atoms with Crippen LogP contribution in [0.5, 0.6) is 0 Å². The molecule has 0 spiro atoms. The molecule has 5 heteroatoms. The fraction of sp³-hybridized carbons (Fsp3) is 1.00. The zero-order chi connectivity index (χ0) is 5.91. The zero-order valence-electron chi connectivity index (χ0n) is 3.45. The first-order valence-corrected chi connectivity index (χ1v) is 1.68. The van der Waals surface area contributed by atoms with Gasteiger partial charge in [-0.2, -0.15) is 13.2 Å². The van der Waals surface area contributed by atoms with Crippen molar-refractivity contribution >= 4 is 12.0 Å². The molecule has 0 aromatic carbocycles. The summed E-state index contributed by atoms with van der Waals surface area (Å²) in [5.74, 6) is 0. The lowest BCUT2D eigenvalue weighted by molar-refractivity contribution is -0.0376. The summed E-state index contributed by atoms with van der Waals surface area (Å²) in [6.45, 7) is 0. The smallest absolute Gasteiger partial charge is 0.323 e. The summed E-state index contributed by atoms with van der Waals surface area (Å²) in [4.78, 5) is 0. The lowest BCUT2D eigenvalue weighted by Crippen LogP contribution is -1.96. The van der Waals surface area contributed by atoms with E-state index in [-0.39, 0.29) is 0 Å². The molecule has 1 N–H and O–H groups in total. The Labute approximate surface area is 37.9 Å². The van der Waals surface area contributed by atoms with Crippen molar-refractivity contribution in [2.24, 2.45) is 0 Å². The van der Waals surface area contributed by atoms with Crippen LogP contribution in [0.15, 0.2) is 0 Å². The predicted molar refractivity (Wildman–Crippen MR) is 16.3 cm³/mol. The maximum Gasteiger partial charge on any atom is 0.467 e. The molecular formula is CHF3OS. The highest BCUT2D eigenvalue weighted by Gasteiger charge is 2.27. The van der Waals surface area contributed by atoms with E-state index < -0.39 is 17.6 Å². The van der Waals surface area contributed by atoms with Crippen molar-refractivity contribution in [3.63, 3.8) is 0 Å². The fourth-order valence-corrected chi connectivity index (χ4v) is 0. The maximum absolute atomic E-state index is 10.8. The second-order valence-electron chi connectivity index (χ2n) is 0.529. The van der Waals surface area contributed by atoms with Crippen LogP contribution in [0.4, 0.5) is 13.2 Å². The number of halogens is 3. The molecule has 0 bridgehead atoms. The maximum atomic E-state index is 10.8. The Kier molecular flexibility index (Phi) is 1.21. The van der Waals surface area contributed by atoms with Crippen LogP contribution in [-0.2, 0) is 0 Å². The number of hydrogen-bond acceptors (Lipinski definition) is 2. The van der Waals surface area contributed by atoms with Crippen molar-refractivity contribution in [2.75, 3.05) is 0 Å². The van der Waals surface area contributed by atoms with Crippen LogP contribution in [-0.4, -0.2) is 10.1 Å². The molecule has 0 unspecified atom stereocenters. The van der Waals surface area contributed by atoms with Gasteiger partial charge < -0.3 is 4.56 Å². The van der Waals surface area contributed by atoms with Crippen molar-refractivity contribution < 1.29 is 17.7 Å². The lowest BCUT2D eigenvalue weighted by atomic mass is 11.6. The van der Waals surface area contributed by atoms with E-state index in [1.807, 2.05) is 0 Å². The Hall–Kier alpha value is 0.100. The first kappa shape index (κ1) is 4.26. The quantitative estimate of drug-likeness (QED) is 0.530. The molecule has 0 atom stereocenters. The molecule has 0 heterocycles. The molecule has 0 aliphatic rings. The standard InChI is InChI=1S/CHF3OS/c2-1(3,4)6-5/h5H/i/hD. The minimum atomic E-state index is -4.44. The Bertz CT molecular complexity index is 53.4. The van der Waals surface area contributed by atoms with E-state index in [0.29, 0.717) is 0 Å². The summed E-state index contributed by atoms with van der Waals surface area (Å²) in [6, 6.07) is 0. The molecule has 0 saturated heterocycles. The van der Waals surface area contributed by atoms with Gasteiger partial charge in [-0.15, -0.1) is 0 Å². The third kappa shape index (κ3) is 4.10. The monoisotopic (exact) mass is 119 g/mol. The second-order valence-corrected chi connectivity index (χ2v) is 1.16. The molecule has 0 rings (SSSR count). The molecule has 0 aromatic heterocycles. The van der Waals surface area contributed by atoms with E-state index in [1.165, 1.54) is 0 Å². The van der Waals surface area contributed by atoms with Crippen molar-refractivity contribution in [1.82, 2.24) is 0 Å². The van der Waals surface area contributed by atoms with Gasteiger partial charge >= 0.3 is 5.51 Å². The average Bonchev–Trinajstić information content (AvgIpc) is 1.30. The normalized spacial score (nSPS) is 14.2. The summed E-state index contributed by atoms with van der Waals surface area (Å²) in [7, 11) is 0. The Balaban J connectivity index is 3.15. The largest absolute Gasteiger partial charge is 0.467 e. The molecule has 0 radical (unpaired) electrons. The van der Waals surface area contributed by atoms with Gasteiger partial charge in [0.1, 0.15) is 12.0 Å². The van der Waals surface area contributed by atoms with Crippen molar-refractivity contribution in [1.29, 1.82) is 1.43 Å². The van der Waals surface area contributed by atoms with Crippen molar-refractivity contribution in [2.45, 2.75) is 5.51 Å². The average molecular weight is 119 g/mol. The van der Waals surface area contributed by atoms with Gasteiger partial charge in [-0.1, -0.05) is 0 Å². The van der Waals surface area contributed by atoms with E-state index in [4.69, 9.17) is 1.43 Å². The number of hydrogen-bond donors (Lipinski definition) is 1. The highest BCUT2D eigenvalue weighted by molar-refractivity contribution is 7.94. The second kappa shape index (κ2) is 1.70. The minimum absolute atomic E-state index is 0.845. The summed E-state index contributed by atoms with van der Waals surface area (Å²) in [5.41, 5.74) is -4.44. The van der Waals surface area contributed by atoms with E-state index in [1.54, 1.807) is 0 Å². The topological polar surface area (TPSA) is 20.2 Å². The van der Waals surface area contributed by atoms with Gasteiger partial charge in [0.2, 0.25) is 1.43 Å². The molecule has 38 valence electrons. The highest BCUT2D eigenvalue weighted by atomic mass is 32.2. The number of alkyl halides is 3. The van der Waals surface area contributed by atoms with Crippen molar-refractivity contribution in [3.05, 3.63) is 0 Å². The Morgan fingerprint density at radius 2 is 2.17 bits per heavy atom. The molecule has 0 amide bonds. The van der Waals surface area contributed by atoms with E-state index in [0.717, 1.165) is 0 Å². The van der Waals surface area contributed by atoms with Crippen LogP contribution in [0.25, 0.3) is 1.43 Å². The summed E-state index contributed by atoms with van der Waals surface area (Å²) in [6.07, 6.45) is 0. The van der Waals surface area contributed by atoms with Gasteiger partial charge in [-0.25, -0.2) is 0 Å². The van der Waals surface area contributed by atoms with E-state index in [9.17, 15) is 13.2 Å². The van der Waals surface area contributed by atoms with Crippen LogP contribution >= 0.6 is 12.0 Å². The molecule has 0 aliphatic heterocycles. The Morgan fingerprint density at radius 1 is 1.67 bits per heavy atom. The molecule has 1 nitrogen and oxygen atoms in total. The van der Waals surface area contributed by atoms with Gasteiger partial charge in [0.15, 0.2) is 0 Å². The minimum Gasteiger partial charge on any atom is -0.323 e. The SMILES string of the molecule is [2H]OSC(F)(F)F. The molecule has 0 saturated carbocycles. The molecule has 0 fully saturated rings. The zero-order valence-corrected chi connectivity index (χ0v) is 3.27. The third-order valence-corrected chi connectivity index (χ3v) is 0.283. The van der Waals surface area contributed by atoms with Gasteiger partial charge in [-0.3, -0.25) is 0 Å². The van der Waals surface area contributed by atoms with Gasteiger partial charge in [0.25, 0.3) is 0 Å². The predicted octanol–water partition coefficient (Wildman–Crippen LogP) is 1.71. The van der Waals surface area contributed by atoms with Crippen LogP contribution in [0.3, 0.4) is 0 Å². The van der Waals surface area contributed by atoms with E-state index in [2.05, 4.69) is 4.56 Å². The highest BCUT2D eigenvalue weighted by Crippen LogP contribution is 2.26. The fourth-order valence-electron chi connectivity index (χ4n) is 0. The summed E-state index contributed by atoms with van der Waals surface area (Å²) in [5, 5.41) is 0. The van der Waals surface area contributed by atoms with Gasteiger partial charge in [0, 0.05) is 0 Å². The first-order valence-electron chi connectivity index (χ1n) is 1.35. The molecule has 6 heavy (non-hydrogen) atoms. The molecule has 0 aliphatic carbocycles. The van der Waals surface area contributed by atoms with E-state index >= 15 is 0 Å². The molecular weight excluding hydrogens is 117 g/mol. The summed E-state index contributed by atoms with van der Waals surface area (Å²) >= 11 is -0.845. The lowest BCUT2D eigenvalue weighted by Gasteiger charge is -1.93. The number of rotatable bonds is 1. The first-order chi connectivity index (χ1) is 3.06. The third-order valence-electron chi connectivity index (χ3n) is 0.0945. The molecule has 0 aromatic rings.